The Morgan fingerprint density at radius 2 is 1.73 bits per heavy atom. The maximum Gasteiger partial charge on any atom is 0.375 e. The molecule has 0 spiro atoms. The molecule has 33 heavy (non-hydrogen) atoms. The number of amides is 1. The number of amidine groups is 1. The van der Waals surface area contributed by atoms with Gasteiger partial charge < -0.3 is 15.4 Å². The molecule has 1 amide bonds. The molecule has 1 unspecified atom stereocenters. The van der Waals surface area contributed by atoms with Crippen LogP contribution in [0.25, 0.3) is 5.69 Å². The molecule has 2 heterocycles. The summed E-state index contributed by atoms with van der Waals surface area (Å²) in [7, 11) is 1.21. The molecule has 0 radical (unpaired) electrons. The first kappa shape index (κ1) is 27.6. The average molecular weight is 461 g/mol. The first-order valence-electron chi connectivity index (χ1n) is 11.2. The largest absolute Gasteiger partial charge is 0.463 e. The van der Waals surface area contributed by atoms with E-state index in [9.17, 15) is 9.59 Å². The standard InChI is InChI=1S/C18H24N8O3.2C2H6/c1-12-7-8-13(25(20)23-16(19)18(28)29-2)11-24(12)17(27)14-5-3-4-6-15(14)26-21-9-10-22-26;2*1-2/h3-6,9-10,12-13H,7-8,11,20H2,1-2H3,(H2,19,23);2*1-2H3/t12-,13?;;/m1../s1. The smallest absolute Gasteiger partial charge is 0.375 e. The number of nitrogens with zero attached hydrogens (tertiary/aromatic N) is 6. The predicted molar refractivity (Wildman–Crippen MR) is 127 cm³/mol. The van der Waals surface area contributed by atoms with Crippen LogP contribution in [0.5, 0.6) is 0 Å². The van der Waals surface area contributed by atoms with Gasteiger partial charge in [0.1, 0.15) is 0 Å². The van der Waals surface area contributed by atoms with Crippen molar-refractivity contribution in [3.63, 3.8) is 0 Å². The third kappa shape index (κ3) is 7.01. The molecule has 0 saturated carbocycles. The van der Waals surface area contributed by atoms with Gasteiger partial charge in [-0.05, 0) is 31.9 Å². The number of piperidine rings is 1. The lowest BCUT2D eigenvalue weighted by Crippen LogP contribution is -2.54. The monoisotopic (exact) mass is 460 g/mol. The Balaban J connectivity index is 0.00000129. The van der Waals surface area contributed by atoms with Crippen LogP contribution in [0.15, 0.2) is 41.8 Å². The fourth-order valence-corrected chi connectivity index (χ4v) is 3.26. The molecule has 1 aliphatic heterocycles. The fourth-order valence-electron chi connectivity index (χ4n) is 3.26. The van der Waals surface area contributed by atoms with Crippen LogP contribution >= 0.6 is 0 Å². The second-order valence-electron chi connectivity index (χ2n) is 6.73. The number of rotatable bonds is 4. The van der Waals surface area contributed by atoms with Crippen LogP contribution in [0.3, 0.4) is 0 Å². The fraction of sp³-hybridized carbons (Fsp3) is 0.500. The zero-order chi connectivity index (χ0) is 25.0. The first-order chi connectivity index (χ1) is 15.9. The summed E-state index contributed by atoms with van der Waals surface area (Å²) >= 11 is 0. The molecule has 2 atom stereocenters. The van der Waals surface area contributed by atoms with E-state index >= 15 is 0 Å². The van der Waals surface area contributed by atoms with Gasteiger partial charge in [0.2, 0.25) is 5.84 Å². The predicted octanol–water partition coefficient (Wildman–Crippen LogP) is 1.93. The minimum Gasteiger partial charge on any atom is -0.463 e. The van der Waals surface area contributed by atoms with E-state index in [4.69, 9.17) is 11.6 Å². The van der Waals surface area contributed by atoms with Crippen LogP contribution in [0.1, 0.15) is 57.8 Å². The normalized spacial score (nSPS) is 17.7. The van der Waals surface area contributed by atoms with Crippen molar-refractivity contribution < 1.29 is 14.3 Å². The molecule has 1 saturated heterocycles. The van der Waals surface area contributed by atoms with Gasteiger partial charge in [-0.2, -0.15) is 15.0 Å². The summed E-state index contributed by atoms with van der Waals surface area (Å²) in [6, 6.07) is 6.86. The molecule has 11 nitrogen and oxygen atoms in total. The van der Waals surface area contributed by atoms with Crippen molar-refractivity contribution in [2.75, 3.05) is 13.7 Å². The number of esters is 1. The summed E-state index contributed by atoms with van der Waals surface area (Å²) < 4.78 is 4.53. The number of nitrogens with two attached hydrogens (primary N) is 2. The topological polar surface area (TPSA) is 145 Å². The van der Waals surface area contributed by atoms with E-state index in [-0.39, 0.29) is 23.8 Å². The molecule has 1 aliphatic rings. The summed E-state index contributed by atoms with van der Waals surface area (Å²) in [5.74, 6) is 4.72. The zero-order valence-electron chi connectivity index (χ0n) is 20.3. The van der Waals surface area contributed by atoms with E-state index < -0.39 is 5.97 Å². The Labute approximate surface area is 195 Å². The van der Waals surface area contributed by atoms with Gasteiger partial charge in [-0.25, -0.2) is 15.8 Å². The molecule has 1 fully saturated rings. The maximum atomic E-state index is 13.3. The number of aromatic nitrogens is 3. The lowest BCUT2D eigenvalue weighted by Gasteiger charge is -2.40. The van der Waals surface area contributed by atoms with E-state index in [0.29, 0.717) is 24.2 Å². The van der Waals surface area contributed by atoms with Crippen molar-refractivity contribution in [1.82, 2.24) is 25.0 Å². The van der Waals surface area contributed by atoms with Crippen molar-refractivity contribution in [2.45, 2.75) is 59.5 Å². The van der Waals surface area contributed by atoms with Crippen LogP contribution < -0.4 is 11.6 Å². The highest BCUT2D eigenvalue weighted by Crippen LogP contribution is 2.24. The van der Waals surface area contributed by atoms with Gasteiger partial charge >= 0.3 is 5.97 Å². The number of para-hydroxylation sites is 1. The van der Waals surface area contributed by atoms with Gasteiger partial charge in [-0.1, -0.05) is 39.8 Å². The molecule has 11 heteroatoms. The zero-order valence-corrected chi connectivity index (χ0v) is 20.3. The number of carbonyl (C=O) groups is 2. The van der Waals surface area contributed by atoms with Crippen molar-refractivity contribution in [2.24, 2.45) is 16.7 Å². The number of benzene rings is 1. The second-order valence-corrected chi connectivity index (χ2v) is 6.73. The van der Waals surface area contributed by atoms with Crippen molar-refractivity contribution in [3.8, 4) is 5.69 Å². The average Bonchev–Trinajstić information content (AvgIpc) is 3.40. The Kier molecular flexibility index (Phi) is 11.6. The van der Waals surface area contributed by atoms with Crippen LogP contribution in [0.2, 0.25) is 0 Å². The molecular formula is C22H36N8O3. The molecule has 182 valence electrons. The summed E-state index contributed by atoms with van der Waals surface area (Å²) in [5, 5.41) is 13.3. The first-order valence-corrected chi connectivity index (χ1v) is 11.2. The number of hydrogen-bond donors (Lipinski definition) is 2. The van der Waals surface area contributed by atoms with E-state index in [1.165, 1.54) is 11.9 Å². The SMILES string of the molecule is CC.CC.COC(=O)/C(N)=N/N(N)C1CC[C@@H](C)N(C(=O)c2ccccc2-n2nccn2)C1. The van der Waals surface area contributed by atoms with Crippen LogP contribution in [0.4, 0.5) is 0 Å². The molecule has 1 aromatic carbocycles. The number of hydrazine groups is 1. The Hall–Kier alpha value is -3.47. The third-order valence-corrected chi connectivity index (χ3v) is 4.88. The molecular weight excluding hydrogens is 424 g/mol. The number of methoxy groups -OCH3 is 1. The minimum atomic E-state index is -0.766. The summed E-state index contributed by atoms with van der Waals surface area (Å²) in [6.07, 6.45) is 4.52. The van der Waals surface area contributed by atoms with Gasteiger partial charge in [0.25, 0.3) is 5.91 Å². The number of carbonyl (C=O) groups excluding carboxylic acids is 2. The van der Waals surface area contributed by atoms with Gasteiger partial charge in [0.15, 0.2) is 0 Å². The van der Waals surface area contributed by atoms with Gasteiger partial charge in [0.05, 0.1) is 36.8 Å². The minimum absolute atomic E-state index is 0.00715. The van der Waals surface area contributed by atoms with Crippen LogP contribution in [-0.2, 0) is 9.53 Å². The van der Waals surface area contributed by atoms with Crippen molar-refractivity contribution in [3.05, 3.63) is 42.2 Å². The van der Waals surface area contributed by atoms with Crippen molar-refractivity contribution in [1.29, 1.82) is 0 Å². The quantitative estimate of drug-likeness (QED) is 0.231. The van der Waals surface area contributed by atoms with E-state index in [1.807, 2.05) is 40.7 Å². The van der Waals surface area contributed by atoms with E-state index in [0.717, 1.165) is 11.5 Å². The summed E-state index contributed by atoms with van der Waals surface area (Å²) in [6.45, 7) is 10.3. The molecule has 0 bridgehead atoms. The Bertz CT molecular complexity index is 901. The highest BCUT2D eigenvalue weighted by molar-refractivity contribution is 6.34. The number of ether oxygens (including phenoxy) is 1. The molecule has 4 N–H and O–H groups in total. The van der Waals surface area contributed by atoms with Gasteiger partial charge in [-0.15, -0.1) is 5.10 Å². The van der Waals surface area contributed by atoms with Crippen molar-refractivity contribution >= 4 is 17.7 Å². The third-order valence-electron chi connectivity index (χ3n) is 4.88. The number of hydrogen-bond acceptors (Lipinski definition) is 8. The maximum absolute atomic E-state index is 13.3. The lowest BCUT2D eigenvalue weighted by molar-refractivity contribution is -0.132. The Morgan fingerprint density at radius 1 is 1.12 bits per heavy atom. The van der Waals surface area contributed by atoms with Gasteiger partial charge in [-0.3, -0.25) is 4.79 Å². The van der Waals surface area contributed by atoms with E-state index in [1.54, 1.807) is 35.5 Å². The van der Waals surface area contributed by atoms with Crippen LogP contribution in [0, 0.1) is 0 Å². The molecule has 0 aliphatic carbocycles. The lowest BCUT2D eigenvalue weighted by atomic mass is 9.98. The second kappa shape index (κ2) is 13.8. The Morgan fingerprint density at radius 3 is 2.33 bits per heavy atom. The molecule has 1 aromatic heterocycles. The summed E-state index contributed by atoms with van der Waals surface area (Å²) in [5.41, 5.74) is 6.65. The molecule has 3 rings (SSSR count). The van der Waals surface area contributed by atoms with Gasteiger partial charge in [0, 0.05) is 12.6 Å². The summed E-state index contributed by atoms with van der Waals surface area (Å²) in [4.78, 5) is 27.9. The number of likely N-dealkylation sites (tertiary alicyclic amines) is 1. The molecule has 2 aromatic rings. The number of hydrazone groups is 1. The highest BCUT2D eigenvalue weighted by atomic mass is 16.5. The van der Waals surface area contributed by atoms with Crippen LogP contribution in [-0.4, -0.2) is 68.5 Å². The van der Waals surface area contributed by atoms with E-state index in [2.05, 4.69) is 20.0 Å². The highest BCUT2D eigenvalue weighted by Gasteiger charge is 2.33.